The quantitative estimate of drug-likeness (QED) is 0.509. The van der Waals surface area contributed by atoms with Gasteiger partial charge in [0, 0.05) is 50.3 Å². The summed E-state index contributed by atoms with van der Waals surface area (Å²) in [6, 6.07) is 6.41. The van der Waals surface area contributed by atoms with Crippen LogP contribution in [0.5, 0.6) is 0 Å². The van der Waals surface area contributed by atoms with Crippen molar-refractivity contribution in [3.05, 3.63) is 47.0 Å². The molecule has 166 valence electrons. The average Bonchev–Trinajstić information content (AvgIpc) is 3.12. The Labute approximate surface area is 193 Å². The number of hydrogen-bond donors (Lipinski definition) is 3. The summed E-state index contributed by atoms with van der Waals surface area (Å²) in [5.41, 5.74) is 3.68. The molecule has 0 bridgehead atoms. The molecule has 3 aromatic rings. The normalized spacial score (nSPS) is 16.9. The summed E-state index contributed by atoms with van der Waals surface area (Å²) in [5.74, 6) is 1.42. The minimum Gasteiger partial charge on any atom is -0.312 e. The second-order valence-corrected chi connectivity index (χ2v) is 8.35. The zero-order valence-electron chi connectivity index (χ0n) is 17.9. The minimum absolute atomic E-state index is 0. The second kappa shape index (κ2) is 10.4. The van der Waals surface area contributed by atoms with Gasteiger partial charge >= 0.3 is 0 Å². The molecule has 3 aromatic heterocycles. The molecule has 0 saturated carbocycles. The first-order chi connectivity index (χ1) is 14.5. The Morgan fingerprint density at radius 3 is 2.81 bits per heavy atom. The van der Waals surface area contributed by atoms with Gasteiger partial charge in [0.15, 0.2) is 5.15 Å². The van der Waals surface area contributed by atoms with E-state index in [0.717, 1.165) is 43.1 Å². The van der Waals surface area contributed by atoms with E-state index in [1.165, 1.54) is 5.56 Å². The molecule has 0 radical (unpaired) electrons. The van der Waals surface area contributed by atoms with Gasteiger partial charge in [0.2, 0.25) is 5.95 Å². The first-order valence-electron chi connectivity index (χ1n) is 10.2. The number of H-pyrrole nitrogens is 1. The van der Waals surface area contributed by atoms with Crippen molar-refractivity contribution >= 4 is 35.8 Å². The summed E-state index contributed by atoms with van der Waals surface area (Å²) in [6.07, 6.45) is 3.61. The first kappa shape index (κ1) is 23.4. The van der Waals surface area contributed by atoms with Crippen LogP contribution >= 0.6 is 24.0 Å². The Morgan fingerprint density at radius 2 is 2.10 bits per heavy atom. The molecule has 4 heterocycles. The molecular weight excluding hydrogens is 435 g/mol. The fourth-order valence-electron chi connectivity index (χ4n) is 3.67. The lowest BCUT2D eigenvalue weighted by atomic mass is 10.0. The summed E-state index contributed by atoms with van der Waals surface area (Å²) in [7, 11) is 0. The van der Waals surface area contributed by atoms with Crippen LogP contribution in [0.15, 0.2) is 30.6 Å². The van der Waals surface area contributed by atoms with Crippen molar-refractivity contribution in [1.82, 2.24) is 35.4 Å². The lowest BCUT2D eigenvalue weighted by Crippen LogP contribution is -2.48. The Balaban J connectivity index is 0.00000272. The third kappa shape index (κ3) is 5.71. The highest BCUT2D eigenvalue weighted by atomic mass is 35.5. The molecule has 8 nitrogen and oxygen atoms in total. The molecule has 1 atom stereocenters. The van der Waals surface area contributed by atoms with Crippen molar-refractivity contribution in [2.75, 3.05) is 25.0 Å². The maximum atomic E-state index is 6.30. The predicted octanol–water partition coefficient (Wildman–Crippen LogP) is 4.00. The number of rotatable bonds is 6. The lowest BCUT2D eigenvalue weighted by Gasteiger charge is -2.31. The molecule has 31 heavy (non-hydrogen) atoms. The number of piperazine rings is 1. The summed E-state index contributed by atoms with van der Waals surface area (Å²) in [5, 5.41) is 14.2. The Bertz CT molecular complexity index is 989. The third-order valence-corrected chi connectivity index (χ3v) is 5.44. The van der Waals surface area contributed by atoms with Gasteiger partial charge in [0.1, 0.15) is 5.82 Å². The van der Waals surface area contributed by atoms with E-state index >= 15 is 0 Å². The highest BCUT2D eigenvalue weighted by molar-refractivity contribution is 6.32. The zero-order valence-corrected chi connectivity index (χ0v) is 19.5. The number of pyridine rings is 1. The molecule has 0 aliphatic carbocycles. The van der Waals surface area contributed by atoms with Gasteiger partial charge in [-0.2, -0.15) is 5.10 Å². The molecule has 0 unspecified atom stereocenters. The van der Waals surface area contributed by atoms with Crippen molar-refractivity contribution in [2.24, 2.45) is 0 Å². The Morgan fingerprint density at radius 1 is 1.26 bits per heavy atom. The second-order valence-electron chi connectivity index (χ2n) is 7.99. The fourth-order valence-corrected chi connectivity index (χ4v) is 3.91. The average molecular weight is 463 g/mol. The predicted molar refractivity (Wildman–Crippen MR) is 126 cm³/mol. The summed E-state index contributed by atoms with van der Waals surface area (Å²) < 4.78 is 0. The van der Waals surface area contributed by atoms with Crippen LogP contribution in [0.25, 0.3) is 11.3 Å². The molecule has 1 aliphatic heterocycles. The highest BCUT2D eigenvalue weighted by Crippen LogP contribution is 2.32. The largest absolute Gasteiger partial charge is 0.312 e. The topological polar surface area (TPSA) is 94.7 Å². The summed E-state index contributed by atoms with van der Waals surface area (Å²) in [6.45, 7) is 10.4. The van der Waals surface area contributed by atoms with Crippen LogP contribution < -0.4 is 10.6 Å². The molecule has 10 heteroatoms. The number of nitrogens with one attached hydrogen (secondary N) is 3. The van der Waals surface area contributed by atoms with Crippen LogP contribution in [0.1, 0.15) is 37.9 Å². The van der Waals surface area contributed by atoms with E-state index in [4.69, 9.17) is 11.6 Å². The molecule has 1 aliphatic rings. The van der Waals surface area contributed by atoms with Crippen LogP contribution in [0, 0.1) is 0 Å². The third-order valence-electron chi connectivity index (χ3n) is 5.16. The van der Waals surface area contributed by atoms with Crippen LogP contribution in [-0.2, 0) is 6.54 Å². The van der Waals surface area contributed by atoms with E-state index in [0.29, 0.717) is 23.0 Å². The molecule has 1 saturated heterocycles. The van der Waals surface area contributed by atoms with E-state index in [1.54, 1.807) is 6.20 Å². The van der Waals surface area contributed by atoms with Gasteiger partial charge in [0.25, 0.3) is 0 Å². The van der Waals surface area contributed by atoms with E-state index in [1.807, 2.05) is 18.3 Å². The molecule has 3 N–H and O–H groups in total. The SMILES string of the molecule is CC(C)c1[nH]nc(Cl)c1-c1ccnc(Nc2ccc(CN3CCN[C@@H](C)C3)cn2)n1.Cl. The minimum atomic E-state index is 0. The van der Waals surface area contributed by atoms with Gasteiger partial charge in [-0.25, -0.2) is 15.0 Å². The number of nitrogens with zero attached hydrogens (tertiary/aromatic N) is 5. The van der Waals surface area contributed by atoms with Crippen molar-refractivity contribution in [2.45, 2.75) is 39.3 Å². The molecule has 0 amide bonds. The van der Waals surface area contributed by atoms with Gasteiger partial charge in [-0.1, -0.05) is 31.5 Å². The smallest absolute Gasteiger partial charge is 0.228 e. The van der Waals surface area contributed by atoms with Gasteiger partial charge < -0.3 is 10.6 Å². The number of hydrogen-bond acceptors (Lipinski definition) is 7. The van der Waals surface area contributed by atoms with Crippen molar-refractivity contribution in [3.8, 4) is 11.3 Å². The maximum absolute atomic E-state index is 6.30. The van der Waals surface area contributed by atoms with Gasteiger partial charge in [-0.05, 0) is 30.5 Å². The van der Waals surface area contributed by atoms with Gasteiger partial charge in [-0.3, -0.25) is 10.00 Å². The zero-order chi connectivity index (χ0) is 21.1. The monoisotopic (exact) mass is 462 g/mol. The van der Waals surface area contributed by atoms with E-state index in [2.05, 4.69) is 67.5 Å². The van der Waals surface area contributed by atoms with Crippen molar-refractivity contribution in [1.29, 1.82) is 0 Å². The van der Waals surface area contributed by atoms with Gasteiger partial charge in [0.05, 0.1) is 11.3 Å². The molecule has 0 spiro atoms. The number of aromatic nitrogens is 5. The number of anilines is 2. The Hall–Kier alpha value is -2.26. The molecule has 1 fully saturated rings. The lowest BCUT2D eigenvalue weighted by molar-refractivity contribution is 0.199. The maximum Gasteiger partial charge on any atom is 0.228 e. The Kier molecular flexibility index (Phi) is 7.83. The van der Waals surface area contributed by atoms with Gasteiger partial charge in [-0.15, -0.1) is 12.4 Å². The van der Waals surface area contributed by atoms with E-state index in [-0.39, 0.29) is 18.3 Å². The van der Waals surface area contributed by atoms with Crippen LogP contribution in [0.3, 0.4) is 0 Å². The first-order valence-corrected chi connectivity index (χ1v) is 10.6. The van der Waals surface area contributed by atoms with E-state index in [9.17, 15) is 0 Å². The van der Waals surface area contributed by atoms with Crippen LogP contribution in [0.2, 0.25) is 5.15 Å². The standard InChI is InChI=1S/C21H27ClN8.ClH/c1-13(2)19-18(20(22)29-28-19)16-6-7-24-21(26-16)27-17-5-4-15(10-25-17)12-30-9-8-23-14(3)11-30;/h4-7,10,13-14,23H,8-9,11-12H2,1-3H3,(H,28,29)(H,24,25,26,27);1H/t14-;/m0./s1. The van der Waals surface area contributed by atoms with Crippen LogP contribution in [0.4, 0.5) is 11.8 Å². The van der Waals surface area contributed by atoms with Crippen LogP contribution in [-0.4, -0.2) is 55.7 Å². The summed E-state index contributed by atoms with van der Waals surface area (Å²) in [4.78, 5) is 15.9. The van der Waals surface area contributed by atoms with Crippen molar-refractivity contribution in [3.63, 3.8) is 0 Å². The van der Waals surface area contributed by atoms with Crippen molar-refractivity contribution < 1.29 is 0 Å². The summed E-state index contributed by atoms with van der Waals surface area (Å²) >= 11 is 6.30. The molecule has 0 aromatic carbocycles. The molecular formula is C21H28Cl2N8. The molecule has 4 rings (SSSR count). The van der Waals surface area contributed by atoms with E-state index < -0.39 is 0 Å². The number of halogens is 2. The number of aromatic amines is 1. The fraction of sp³-hybridized carbons (Fsp3) is 0.429. The highest BCUT2D eigenvalue weighted by Gasteiger charge is 2.18.